The molecule has 0 amide bonds. The molecule has 0 radical (unpaired) electrons. The van der Waals surface area contributed by atoms with Crippen LogP contribution in [0.3, 0.4) is 0 Å². The van der Waals surface area contributed by atoms with E-state index in [9.17, 15) is 4.39 Å². The molecular formula is CH3Br4FN2Pb. The fourth-order valence-corrected chi connectivity index (χ4v) is 0. The SMILES string of the molecule is N=C(N)F.[Br][Pb]([Br])([Br])[Br]. The molecule has 0 saturated carbocycles. The normalized spacial score (nSPS) is 9.44. The third-order valence-electron chi connectivity index (χ3n) is 0. The van der Waals surface area contributed by atoms with Gasteiger partial charge in [-0.3, -0.25) is 5.41 Å². The first-order chi connectivity index (χ1) is 3.73. The fraction of sp³-hybridized carbons (Fsp3) is 0. The van der Waals surface area contributed by atoms with Gasteiger partial charge < -0.3 is 5.73 Å². The first-order valence-electron chi connectivity index (χ1n) is 1.48. The van der Waals surface area contributed by atoms with Gasteiger partial charge in [0.25, 0.3) is 6.09 Å². The Labute approximate surface area is 79.5 Å². The molecule has 0 aliphatic heterocycles. The summed E-state index contributed by atoms with van der Waals surface area (Å²) in [5.41, 5.74) is 4.03. The van der Waals surface area contributed by atoms with E-state index < -0.39 is 17.6 Å². The molecule has 0 aromatic carbocycles. The van der Waals surface area contributed by atoms with Gasteiger partial charge in [-0.1, -0.05) is 0 Å². The summed E-state index contributed by atoms with van der Waals surface area (Å²) >= 11 is 11.4. The maximum absolute atomic E-state index is 10.4. The van der Waals surface area contributed by atoms with Crippen molar-refractivity contribution in [2.45, 2.75) is 0 Å². The van der Waals surface area contributed by atoms with Crippen LogP contribution >= 0.6 is 47.9 Å². The molecule has 0 rings (SSSR count). The molecule has 0 aromatic heterocycles. The number of rotatable bonds is 0. The molecule has 8 heteroatoms. The predicted octanol–water partition coefficient (Wildman–Crippen LogP) is 2.85. The number of nitrogens with one attached hydrogen (secondary N) is 1. The van der Waals surface area contributed by atoms with Crippen LogP contribution in [0.1, 0.15) is 0 Å². The van der Waals surface area contributed by atoms with Crippen molar-refractivity contribution < 1.29 is 4.39 Å². The number of hydrogen-bond donors (Lipinski definition) is 2. The van der Waals surface area contributed by atoms with Gasteiger partial charge in [0.1, 0.15) is 0 Å². The zero-order valence-corrected chi connectivity index (χ0v) is 14.2. The second kappa shape index (κ2) is 6.92. The Morgan fingerprint density at radius 2 is 1.33 bits per heavy atom. The average molecular weight is 589 g/mol. The molecular weight excluding hydrogens is 586 g/mol. The Kier molecular flexibility index (Phi) is 10.6. The zero-order chi connectivity index (χ0) is 8.08. The van der Waals surface area contributed by atoms with Crippen molar-refractivity contribution in [2.24, 2.45) is 5.73 Å². The summed E-state index contributed by atoms with van der Waals surface area (Å²) in [4.78, 5) is 0. The van der Waals surface area contributed by atoms with Crippen molar-refractivity contribution in [3.05, 3.63) is 0 Å². The van der Waals surface area contributed by atoms with Crippen LogP contribution in [-0.4, -0.2) is 17.6 Å². The number of halogens is 5. The molecule has 2 nitrogen and oxygen atoms in total. The van der Waals surface area contributed by atoms with Crippen molar-refractivity contribution in [3.8, 4) is 0 Å². The van der Waals surface area contributed by atoms with Gasteiger partial charge in [-0.15, -0.1) is 0 Å². The molecule has 0 fully saturated rings. The summed E-state index contributed by atoms with van der Waals surface area (Å²) in [6.45, 7) is 0. The number of amidine groups is 1. The van der Waals surface area contributed by atoms with Gasteiger partial charge in [0.15, 0.2) is 0 Å². The molecule has 0 heterocycles. The summed E-state index contributed by atoms with van der Waals surface area (Å²) in [6.07, 6.45) is -1.33. The van der Waals surface area contributed by atoms with Crippen molar-refractivity contribution >= 4 is 65.6 Å². The Morgan fingerprint density at radius 1 is 1.33 bits per heavy atom. The zero-order valence-electron chi connectivity index (χ0n) is 3.97. The predicted molar refractivity (Wildman–Crippen MR) is 54.5 cm³/mol. The van der Waals surface area contributed by atoms with Crippen molar-refractivity contribution in [2.75, 3.05) is 0 Å². The average Bonchev–Trinajstić information content (AvgIpc) is 1.19. The van der Waals surface area contributed by atoms with Gasteiger partial charge >= 0.3 is 59.5 Å². The molecule has 0 unspecified atom stereocenters. The summed E-state index contributed by atoms with van der Waals surface area (Å²) in [5, 5.41) is 5.61. The van der Waals surface area contributed by atoms with Gasteiger partial charge in [0.05, 0.1) is 0 Å². The van der Waals surface area contributed by atoms with E-state index >= 15 is 0 Å². The van der Waals surface area contributed by atoms with E-state index in [4.69, 9.17) is 5.41 Å². The third-order valence-corrected chi connectivity index (χ3v) is 0. The van der Waals surface area contributed by atoms with E-state index in [1.807, 2.05) is 0 Å². The van der Waals surface area contributed by atoms with Gasteiger partial charge in [0, 0.05) is 0 Å². The van der Waals surface area contributed by atoms with Gasteiger partial charge in [0.2, 0.25) is 0 Å². The van der Waals surface area contributed by atoms with Gasteiger partial charge in [-0.05, 0) is 0 Å². The van der Waals surface area contributed by atoms with Gasteiger partial charge in [-0.25, -0.2) is 0 Å². The molecule has 56 valence electrons. The first-order valence-corrected chi connectivity index (χ1v) is 35.2. The molecule has 0 aromatic rings. The standard InChI is InChI=1S/CH3FN2.4BrH.Pb/c2-1(3)4;;;;;/h(H3,3,4);4*1H;/q;;;;;+4/p-4. The van der Waals surface area contributed by atoms with Crippen molar-refractivity contribution in [1.29, 1.82) is 5.41 Å². The molecule has 0 saturated heterocycles. The fourth-order valence-electron chi connectivity index (χ4n) is 0. The molecule has 3 N–H and O–H groups in total. The monoisotopic (exact) mass is 586 g/mol. The quantitative estimate of drug-likeness (QED) is 0.195. The molecule has 0 aliphatic carbocycles. The maximum atomic E-state index is 10.4. The number of hydrogen-bond acceptors (Lipinski definition) is 1. The first kappa shape index (κ1) is 13.8. The third kappa shape index (κ3) is 138. The van der Waals surface area contributed by atoms with Crippen LogP contribution in [0, 0.1) is 5.41 Å². The van der Waals surface area contributed by atoms with Crippen molar-refractivity contribution in [1.82, 2.24) is 0 Å². The Morgan fingerprint density at radius 3 is 1.33 bits per heavy atom. The van der Waals surface area contributed by atoms with E-state index in [0.29, 0.717) is 0 Å². The molecule has 0 aliphatic rings. The van der Waals surface area contributed by atoms with Crippen LogP contribution in [-0.2, 0) is 0 Å². The summed E-state index contributed by atoms with van der Waals surface area (Å²) in [5.74, 6) is 0. The van der Waals surface area contributed by atoms with Gasteiger partial charge in [-0.2, -0.15) is 4.39 Å². The Balaban J connectivity index is 0. The summed E-state index contributed by atoms with van der Waals surface area (Å²) in [6, 6.07) is 0. The number of nitrogens with two attached hydrogens (primary N) is 1. The van der Waals surface area contributed by atoms with Crippen LogP contribution in [0.25, 0.3) is 0 Å². The second-order valence-corrected chi connectivity index (χ2v) is 102. The molecule has 0 spiro atoms. The van der Waals surface area contributed by atoms with E-state index in [0.717, 1.165) is 0 Å². The van der Waals surface area contributed by atoms with E-state index in [1.54, 1.807) is 0 Å². The Hall–Kier alpha value is 2.24. The summed E-state index contributed by atoms with van der Waals surface area (Å²) in [7, 11) is 0. The van der Waals surface area contributed by atoms with Crippen molar-refractivity contribution in [3.63, 3.8) is 0 Å². The van der Waals surface area contributed by atoms with E-state index in [2.05, 4.69) is 53.7 Å². The molecule has 9 heavy (non-hydrogen) atoms. The van der Waals surface area contributed by atoms with Crippen LogP contribution in [0.4, 0.5) is 4.39 Å². The molecule has 0 atom stereocenters. The van der Waals surface area contributed by atoms with Crippen LogP contribution in [0.5, 0.6) is 0 Å². The molecule has 0 bridgehead atoms. The van der Waals surface area contributed by atoms with E-state index in [-0.39, 0.29) is 0 Å². The minimum absolute atomic E-state index is 1.33. The van der Waals surface area contributed by atoms with Crippen LogP contribution < -0.4 is 5.73 Å². The topological polar surface area (TPSA) is 49.9 Å². The minimum atomic E-state index is -2.03. The Bertz CT molecular complexity index is 81.1. The summed E-state index contributed by atoms with van der Waals surface area (Å²) < 4.78 is 10.4. The van der Waals surface area contributed by atoms with Crippen LogP contribution in [0.15, 0.2) is 0 Å². The van der Waals surface area contributed by atoms with E-state index in [1.165, 1.54) is 0 Å². The van der Waals surface area contributed by atoms with Crippen LogP contribution in [0.2, 0.25) is 0 Å². The second-order valence-electron chi connectivity index (χ2n) is 0.777.